The van der Waals surface area contributed by atoms with Gasteiger partial charge in [0.15, 0.2) is 29.2 Å². The normalized spacial score (nSPS) is 19.7. The fourth-order valence-corrected chi connectivity index (χ4v) is 15.2. The van der Waals surface area contributed by atoms with Gasteiger partial charge < -0.3 is 75.5 Å². The lowest BCUT2D eigenvalue weighted by Gasteiger charge is -2.31. The van der Waals surface area contributed by atoms with Gasteiger partial charge >= 0.3 is 6.09 Å². The van der Waals surface area contributed by atoms with Gasteiger partial charge in [0.25, 0.3) is 11.8 Å². The molecule has 8 N–H and O–H groups in total. The van der Waals surface area contributed by atoms with Crippen molar-refractivity contribution in [3.63, 3.8) is 0 Å². The van der Waals surface area contributed by atoms with Crippen molar-refractivity contribution in [1.82, 2.24) is 41.7 Å². The summed E-state index contributed by atoms with van der Waals surface area (Å²) in [5.41, 5.74) is 14.7. The van der Waals surface area contributed by atoms with E-state index in [1.54, 1.807) is 73.2 Å². The molecule has 8 aliphatic rings. The molecule has 0 unspecified atom stereocenters. The van der Waals surface area contributed by atoms with E-state index in [0.29, 0.717) is 105 Å². The number of benzene rings is 5. The van der Waals surface area contributed by atoms with Crippen LogP contribution in [0.3, 0.4) is 0 Å². The summed E-state index contributed by atoms with van der Waals surface area (Å²) in [5.74, 6) is -0.937. The van der Waals surface area contributed by atoms with Crippen LogP contribution in [0.15, 0.2) is 97.1 Å². The molecule has 0 aromatic heterocycles. The van der Waals surface area contributed by atoms with Crippen molar-refractivity contribution in [2.45, 2.75) is 161 Å². The van der Waals surface area contributed by atoms with E-state index in [1.165, 1.54) is 26.9 Å². The Hall–Kier alpha value is -10.1. The minimum absolute atomic E-state index is 0.00844. The van der Waals surface area contributed by atoms with Gasteiger partial charge in [-0.3, -0.25) is 38.6 Å². The standard InChI is InChI=1S/C77H94N12O14/c1-7-88-69-52-18-10-9-17-49(52)42-85(57-20-12-11-19-53(57)68(69)83-84-88)66(92)27-26-64(90)78-32-14-13-21-65(91)82-67(46(2)3)71(94)80-47(4)70(93)81-50-24-22-48(23-25-50)43-103-75(98)89-58-38-63(61(100-6)36-55(58)73(96)87-45-77(30-31-77)40-59(87)74(89)97)102-34-16-8-15-33-101-62-37-56-54(35-60(62)99-5)72(95)86-44-76(28-29-76)39-51(86)41-79-56/h9-12,17-20,22-25,35-38,46-47,51,59,67,74,79,83-84,97H,7-8,13-16,21,26-34,39-45H2,1-6H3,(H,78,90)(H,80,94)(H,81,93)(H,82,91)/t47-,51-,59-,67-,74-/m0/s1. The van der Waals surface area contributed by atoms with Crippen molar-refractivity contribution >= 4 is 81.6 Å². The number of anilines is 4. The highest BCUT2D eigenvalue weighted by Crippen LogP contribution is 2.58. The van der Waals surface area contributed by atoms with Crippen LogP contribution in [0.4, 0.5) is 27.5 Å². The number of fused-ring (bicyclic) bond motifs is 8. The Labute approximate surface area is 599 Å². The second kappa shape index (κ2) is 30.5. The zero-order valence-corrected chi connectivity index (χ0v) is 59.5. The van der Waals surface area contributed by atoms with Crippen LogP contribution in [-0.2, 0) is 41.9 Å². The first-order chi connectivity index (χ1) is 49.8. The van der Waals surface area contributed by atoms with Crippen molar-refractivity contribution < 1.29 is 67.1 Å². The van der Waals surface area contributed by atoms with E-state index >= 15 is 0 Å². The van der Waals surface area contributed by atoms with E-state index in [2.05, 4.69) is 50.5 Å². The van der Waals surface area contributed by atoms with Crippen molar-refractivity contribution in [3.8, 4) is 23.0 Å². The summed E-state index contributed by atoms with van der Waals surface area (Å²) in [4.78, 5) is 116. The molecule has 0 radical (unpaired) electrons. The van der Waals surface area contributed by atoms with E-state index in [9.17, 15) is 43.5 Å². The van der Waals surface area contributed by atoms with Gasteiger partial charge in [-0.05, 0) is 143 Å². The second-order valence-corrected chi connectivity index (χ2v) is 28.9. The van der Waals surface area contributed by atoms with E-state index in [-0.39, 0.29) is 102 Å². The molecule has 26 nitrogen and oxygen atoms in total. The molecular weight excluding hydrogens is 1320 g/mol. The molecule has 2 saturated heterocycles. The van der Waals surface area contributed by atoms with Crippen LogP contribution in [0, 0.1) is 16.7 Å². The van der Waals surface area contributed by atoms with Crippen LogP contribution < -0.4 is 66.3 Å². The van der Waals surface area contributed by atoms with Crippen LogP contribution in [0.2, 0.25) is 0 Å². The number of aliphatic hydroxyl groups excluding tert-OH is 1. The molecule has 5 aromatic carbocycles. The average molecular weight is 1410 g/mol. The van der Waals surface area contributed by atoms with Crippen molar-refractivity contribution in [2.75, 3.05) is 80.6 Å². The number of carbonyl (C=O) groups excluding carboxylic acids is 8. The first-order valence-corrected chi connectivity index (χ1v) is 36.2. The third-order valence-electron chi connectivity index (χ3n) is 21.4. The van der Waals surface area contributed by atoms with Gasteiger partial charge in [-0.2, -0.15) is 0 Å². The molecule has 4 fully saturated rings. The maximum atomic E-state index is 14.5. The highest BCUT2D eigenvalue weighted by Gasteiger charge is 2.58. The predicted octanol–water partition coefficient (Wildman–Crippen LogP) is 8.59. The lowest BCUT2D eigenvalue weighted by Crippen LogP contribution is -2.53. The molecule has 5 atom stereocenters. The van der Waals surface area contributed by atoms with Crippen LogP contribution in [0.25, 0.3) is 11.4 Å². The van der Waals surface area contributed by atoms with Crippen LogP contribution in [0.5, 0.6) is 23.0 Å². The Morgan fingerprint density at radius 1 is 0.670 bits per heavy atom. The molecule has 5 aromatic rings. The number of nitrogens with zero attached hydrogens (tertiary/aromatic N) is 5. The number of ether oxygens (including phenoxy) is 5. The molecule has 6 heterocycles. The Balaban J connectivity index is 0.550. The number of amides is 8. The third kappa shape index (κ3) is 15.4. The zero-order chi connectivity index (χ0) is 72.3. The quantitative estimate of drug-likeness (QED) is 0.0228. The number of hydrogen-bond acceptors (Lipinski definition) is 18. The van der Waals surface area contributed by atoms with E-state index < -0.39 is 42.3 Å². The summed E-state index contributed by atoms with van der Waals surface area (Å²) in [6.45, 7) is 10.9. The molecule has 546 valence electrons. The minimum atomic E-state index is -1.45. The molecule has 26 heteroatoms. The van der Waals surface area contributed by atoms with Gasteiger partial charge in [-0.15, -0.1) is 5.53 Å². The number of rotatable bonds is 27. The second-order valence-electron chi connectivity index (χ2n) is 28.9. The number of nitrogens with one attached hydrogen (secondary N) is 7. The first kappa shape index (κ1) is 71.3. The molecule has 2 aliphatic carbocycles. The van der Waals surface area contributed by atoms with E-state index in [0.717, 1.165) is 76.6 Å². The molecule has 103 heavy (non-hydrogen) atoms. The predicted molar refractivity (Wildman–Crippen MR) is 385 cm³/mol. The fourth-order valence-electron chi connectivity index (χ4n) is 15.2. The highest BCUT2D eigenvalue weighted by atomic mass is 16.6. The molecule has 0 bridgehead atoms. The Kier molecular flexibility index (Phi) is 21.1. The summed E-state index contributed by atoms with van der Waals surface area (Å²) in [7, 11) is 3.04. The van der Waals surface area contributed by atoms with Gasteiger partial charge in [0.1, 0.15) is 18.7 Å². The number of para-hydroxylation sites is 1. The summed E-state index contributed by atoms with van der Waals surface area (Å²) < 4.78 is 29.9. The molecule has 13 rings (SSSR count). The van der Waals surface area contributed by atoms with Crippen molar-refractivity contribution in [2.24, 2.45) is 16.7 Å². The zero-order valence-electron chi connectivity index (χ0n) is 59.5. The molecule has 2 spiro atoms. The summed E-state index contributed by atoms with van der Waals surface area (Å²) in [6.07, 6.45) is 6.39. The van der Waals surface area contributed by atoms with Gasteiger partial charge in [-0.25, -0.2) is 9.69 Å². The van der Waals surface area contributed by atoms with Gasteiger partial charge in [-0.1, -0.05) is 68.4 Å². The van der Waals surface area contributed by atoms with E-state index in [1.807, 2.05) is 58.4 Å². The molecule has 8 amide bonds. The lowest BCUT2D eigenvalue weighted by atomic mass is 9.95. The summed E-state index contributed by atoms with van der Waals surface area (Å²) in [6, 6.07) is 26.6. The monoisotopic (exact) mass is 1410 g/mol. The summed E-state index contributed by atoms with van der Waals surface area (Å²) >= 11 is 0. The highest BCUT2D eigenvalue weighted by molar-refractivity contribution is 6.07. The Morgan fingerprint density at radius 3 is 2.05 bits per heavy atom. The average Bonchev–Trinajstić information content (AvgIpc) is 1.80. The number of methoxy groups -OCH3 is 2. The fraction of sp³-hybridized carbons (Fsp3) is 0.481. The maximum absolute atomic E-state index is 14.5. The number of carbonyl (C=O) groups is 8. The van der Waals surface area contributed by atoms with Crippen molar-refractivity contribution in [1.29, 1.82) is 0 Å². The molecule has 2 saturated carbocycles. The van der Waals surface area contributed by atoms with Gasteiger partial charge in [0.2, 0.25) is 29.5 Å². The first-order valence-electron chi connectivity index (χ1n) is 36.2. The topological polar surface area (TPSA) is 303 Å². The van der Waals surface area contributed by atoms with E-state index in [4.69, 9.17) is 23.7 Å². The number of hydrogen-bond donors (Lipinski definition) is 8. The minimum Gasteiger partial charge on any atom is -0.493 e. The Bertz CT molecular complexity index is 4120. The number of unbranched alkanes of at least 4 members (excludes halogenated alkanes) is 3. The number of hydrazine groups is 2. The van der Waals surface area contributed by atoms with Gasteiger partial charge in [0.05, 0.1) is 79.6 Å². The van der Waals surface area contributed by atoms with Crippen molar-refractivity contribution in [3.05, 3.63) is 130 Å². The smallest absolute Gasteiger partial charge is 0.416 e. The van der Waals surface area contributed by atoms with Gasteiger partial charge in [0, 0.05) is 87.0 Å². The number of aliphatic hydroxyl groups is 1. The molecular formula is C77H94N12O14. The SMILES string of the molecule is CCN1NNC2=C1c1ccccc1CN(C(=O)CCC(=O)NCCCCC(=O)N[C@H](C(=O)N[C@@H](C)C(=O)Nc1ccc(COC(=O)N3c4cc(OCCCCCOc5cc6c(cc5OC)C(=O)N5CC7(CC7)C[C@H]5CN6)c(OC)cc4C(=O)N4CC5(CC5)C[C@H]4[C@@H]3O)cc1)C(C)C)c1ccccc12. The molecule has 6 aliphatic heterocycles. The Morgan fingerprint density at radius 2 is 1.34 bits per heavy atom. The summed E-state index contributed by atoms with van der Waals surface area (Å²) in [5, 5.41) is 28.9. The van der Waals surface area contributed by atoms with Crippen LogP contribution in [-0.4, -0.2) is 158 Å². The maximum Gasteiger partial charge on any atom is 0.416 e. The third-order valence-corrected chi connectivity index (χ3v) is 21.4. The lowest BCUT2D eigenvalue weighted by molar-refractivity contribution is -0.131. The van der Waals surface area contributed by atoms with Crippen LogP contribution in [0.1, 0.15) is 161 Å². The largest absolute Gasteiger partial charge is 0.493 e. The van der Waals surface area contributed by atoms with Crippen LogP contribution >= 0.6 is 0 Å².